The smallest absolute Gasteiger partial charge is 0.252 e. The van der Waals surface area contributed by atoms with Crippen LogP contribution in [0.25, 0.3) is 10.2 Å². The second-order valence-corrected chi connectivity index (χ2v) is 7.21. The fraction of sp³-hybridized carbons (Fsp3) is 0.250. The molecule has 6 nitrogen and oxygen atoms in total. The number of ether oxygens (including phenoxy) is 1. The maximum absolute atomic E-state index is 13.0. The minimum absolute atomic E-state index is 0.0932. The molecule has 0 spiro atoms. The molecule has 0 saturated carbocycles. The van der Waals surface area contributed by atoms with Gasteiger partial charge in [-0.3, -0.25) is 9.59 Å². The number of anilines is 1. The summed E-state index contributed by atoms with van der Waals surface area (Å²) >= 11 is 1.37. The molecule has 1 heterocycles. The van der Waals surface area contributed by atoms with Crippen molar-refractivity contribution in [2.45, 2.75) is 19.9 Å². The summed E-state index contributed by atoms with van der Waals surface area (Å²) in [4.78, 5) is 28.5. The van der Waals surface area contributed by atoms with Crippen molar-refractivity contribution >= 4 is 39.1 Å². The number of fused-ring (bicyclic) bond motifs is 1. The molecule has 0 bridgehead atoms. The second-order valence-electron chi connectivity index (χ2n) is 6.20. The number of hydrogen-bond acceptors (Lipinski definition) is 4. The molecule has 28 heavy (non-hydrogen) atoms. The van der Waals surface area contributed by atoms with Gasteiger partial charge in [0, 0.05) is 26.3 Å². The monoisotopic (exact) mass is 401 g/mol. The molecule has 1 N–H and O–H groups in total. The van der Waals surface area contributed by atoms with Crippen LogP contribution in [-0.4, -0.2) is 30.1 Å². The van der Waals surface area contributed by atoms with Gasteiger partial charge >= 0.3 is 0 Å². The lowest BCUT2D eigenvalue weighted by Crippen LogP contribution is -2.19. The number of benzene rings is 2. The van der Waals surface area contributed by atoms with Gasteiger partial charge in [-0.05, 0) is 35.9 Å². The van der Waals surface area contributed by atoms with E-state index in [-0.39, 0.29) is 24.1 Å². The van der Waals surface area contributed by atoms with Gasteiger partial charge in [-0.2, -0.15) is 4.99 Å². The van der Waals surface area contributed by atoms with Gasteiger partial charge in [0.1, 0.15) is 5.82 Å². The highest BCUT2D eigenvalue weighted by Crippen LogP contribution is 2.22. The molecule has 3 aromatic rings. The summed E-state index contributed by atoms with van der Waals surface area (Å²) in [6.45, 7) is 2.46. The highest BCUT2D eigenvalue weighted by atomic mass is 32.1. The van der Waals surface area contributed by atoms with Gasteiger partial charge in [-0.25, -0.2) is 4.39 Å². The minimum Gasteiger partial charge on any atom is -0.383 e. The normalized spacial score (nSPS) is 11.8. The third-order valence-corrected chi connectivity index (χ3v) is 5.05. The average Bonchev–Trinajstić information content (AvgIpc) is 2.97. The number of carbonyl (C=O) groups excluding carboxylic acids is 2. The van der Waals surface area contributed by atoms with Crippen LogP contribution in [-0.2, 0) is 27.3 Å². The van der Waals surface area contributed by atoms with Gasteiger partial charge in [-0.1, -0.05) is 23.5 Å². The van der Waals surface area contributed by atoms with Gasteiger partial charge in [-0.15, -0.1) is 0 Å². The zero-order valence-corrected chi connectivity index (χ0v) is 16.4. The Morgan fingerprint density at radius 3 is 2.64 bits per heavy atom. The first-order valence-corrected chi connectivity index (χ1v) is 9.50. The summed E-state index contributed by atoms with van der Waals surface area (Å²) < 4.78 is 21.0. The number of halogens is 1. The van der Waals surface area contributed by atoms with E-state index < -0.39 is 0 Å². The molecule has 0 atom stereocenters. The molecule has 3 rings (SSSR count). The first kappa shape index (κ1) is 19.9. The summed E-state index contributed by atoms with van der Waals surface area (Å²) in [6, 6.07) is 11.3. The van der Waals surface area contributed by atoms with E-state index in [0.29, 0.717) is 29.2 Å². The number of methoxy groups -OCH3 is 1. The van der Waals surface area contributed by atoms with Gasteiger partial charge in [0.05, 0.1) is 23.2 Å². The maximum Gasteiger partial charge on any atom is 0.252 e. The summed E-state index contributed by atoms with van der Waals surface area (Å²) in [5.41, 5.74) is 2.29. The fourth-order valence-corrected chi connectivity index (χ4v) is 3.87. The SMILES string of the molecule is COCCn1c(=NC(=O)Cc2ccc(F)cc2)sc2cc(NC(C)=O)ccc21. The Kier molecular flexibility index (Phi) is 6.33. The van der Waals surface area contributed by atoms with Crippen LogP contribution in [0.15, 0.2) is 47.5 Å². The van der Waals surface area contributed by atoms with E-state index in [1.54, 1.807) is 19.2 Å². The Labute approximate surface area is 165 Å². The molecule has 0 unspecified atom stereocenters. The zero-order chi connectivity index (χ0) is 20.1. The molecule has 2 aromatic carbocycles. The second kappa shape index (κ2) is 8.90. The molecule has 1 aromatic heterocycles. The van der Waals surface area contributed by atoms with Crippen LogP contribution in [0.4, 0.5) is 10.1 Å². The Morgan fingerprint density at radius 2 is 1.96 bits per heavy atom. The number of rotatable bonds is 6. The number of amides is 2. The molecule has 0 saturated heterocycles. The van der Waals surface area contributed by atoms with Crippen molar-refractivity contribution in [2.24, 2.45) is 4.99 Å². The Hall–Kier alpha value is -2.84. The molecule has 0 aliphatic rings. The van der Waals surface area contributed by atoms with Crippen LogP contribution in [0.2, 0.25) is 0 Å². The lowest BCUT2D eigenvalue weighted by Gasteiger charge is -2.05. The predicted molar refractivity (Wildman–Crippen MR) is 107 cm³/mol. The van der Waals surface area contributed by atoms with Crippen molar-refractivity contribution in [3.05, 3.63) is 58.6 Å². The molecule has 0 fully saturated rings. The highest BCUT2D eigenvalue weighted by molar-refractivity contribution is 7.16. The van der Waals surface area contributed by atoms with Crippen molar-refractivity contribution < 1.29 is 18.7 Å². The number of thiazole rings is 1. The average molecular weight is 401 g/mol. The standard InChI is InChI=1S/C20H20FN3O3S/c1-13(25)22-16-7-8-17-18(12-16)28-20(24(17)9-10-27-2)23-19(26)11-14-3-5-15(21)6-4-14/h3-8,12H,9-11H2,1-2H3,(H,22,25). The number of aromatic nitrogens is 1. The summed E-state index contributed by atoms with van der Waals surface area (Å²) in [6.07, 6.45) is 0.0932. The largest absolute Gasteiger partial charge is 0.383 e. The van der Waals surface area contributed by atoms with Crippen molar-refractivity contribution in [3.8, 4) is 0 Å². The molecular weight excluding hydrogens is 381 g/mol. The summed E-state index contributed by atoms with van der Waals surface area (Å²) in [5.74, 6) is -0.806. The van der Waals surface area contributed by atoms with Crippen molar-refractivity contribution in [1.82, 2.24) is 4.57 Å². The summed E-state index contributed by atoms with van der Waals surface area (Å²) in [7, 11) is 1.61. The van der Waals surface area contributed by atoms with Crippen LogP contribution in [0.1, 0.15) is 12.5 Å². The number of nitrogens with one attached hydrogen (secondary N) is 1. The first-order chi connectivity index (χ1) is 13.5. The third-order valence-electron chi connectivity index (χ3n) is 4.01. The Bertz CT molecular complexity index is 1070. The van der Waals surface area contributed by atoms with Crippen LogP contribution >= 0.6 is 11.3 Å². The lowest BCUT2D eigenvalue weighted by molar-refractivity contribution is -0.117. The maximum atomic E-state index is 13.0. The van der Waals surface area contributed by atoms with E-state index in [0.717, 1.165) is 10.2 Å². The molecule has 0 aliphatic heterocycles. The van der Waals surface area contributed by atoms with E-state index in [4.69, 9.17) is 4.74 Å². The van der Waals surface area contributed by atoms with E-state index in [1.165, 1.54) is 30.4 Å². The highest BCUT2D eigenvalue weighted by Gasteiger charge is 2.10. The molecule has 0 aliphatic carbocycles. The number of hydrogen-bond donors (Lipinski definition) is 1. The van der Waals surface area contributed by atoms with Gasteiger partial charge in [0.25, 0.3) is 5.91 Å². The van der Waals surface area contributed by atoms with Crippen molar-refractivity contribution in [3.63, 3.8) is 0 Å². The molecule has 2 amide bonds. The van der Waals surface area contributed by atoms with E-state index in [2.05, 4.69) is 10.3 Å². The number of carbonyl (C=O) groups is 2. The van der Waals surface area contributed by atoms with Crippen LogP contribution in [0.3, 0.4) is 0 Å². The third kappa shape index (κ3) is 4.90. The van der Waals surface area contributed by atoms with Gasteiger partial charge in [0.15, 0.2) is 4.80 Å². The topological polar surface area (TPSA) is 72.7 Å². The van der Waals surface area contributed by atoms with Gasteiger partial charge in [0.2, 0.25) is 5.91 Å². The van der Waals surface area contributed by atoms with Crippen LogP contribution in [0, 0.1) is 5.82 Å². The van der Waals surface area contributed by atoms with Gasteiger partial charge < -0.3 is 14.6 Å². The van der Waals surface area contributed by atoms with Crippen LogP contribution in [0.5, 0.6) is 0 Å². The Balaban J connectivity index is 1.96. The van der Waals surface area contributed by atoms with E-state index in [9.17, 15) is 14.0 Å². The lowest BCUT2D eigenvalue weighted by atomic mass is 10.1. The van der Waals surface area contributed by atoms with Crippen LogP contribution < -0.4 is 10.1 Å². The number of nitrogens with zero attached hydrogens (tertiary/aromatic N) is 2. The fourth-order valence-electron chi connectivity index (χ4n) is 2.76. The molecule has 0 radical (unpaired) electrons. The van der Waals surface area contributed by atoms with E-state index >= 15 is 0 Å². The molecular formula is C20H20FN3O3S. The molecule has 146 valence electrons. The molecule has 8 heteroatoms. The van der Waals surface area contributed by atoms with E-state index in [1.807, 2.05) is 22.8 Å². The van der Waals surface area contributed by atoms with Crippen molar-refractivity contribution in [1.29, 1.82) is 0 Å². The minimum atomic E-state index is -0.343. The quantitative estimate of drug-likeness (QED) is 0.690. The van der Waals surface area contributed by atoms with Crippen molar-refractivity contribution in [2.75, 3.05) is 19.0 Å². The Morgan fingerprint density at radius 1 is 1.21 bits per heavy atom. The predicted octanol–water partition coefficient (Wildman–Crippen LogP) is 3.12. The summed E-state index contributed by atoms with van der Waals surface area (Å²) in [5, 5.41) is 2.75. The first-order valence-electron chi connectivity index (χ1n) is 8.68. The zero-order valence-electron chi connectivity index (χ0n) is 15.6.